The Labute approximate surface area is 127 Å². The SMILES string of the molecule is CN(C(=O)COc1c(C(N)=S)oc2ccccc12)C1CC1. The van der Waals surface area contributed by atoms with Gasteiger partial charge in [-0.15, -0.1) is 0 Å². The van der Waals surface area contributed by atoms with Gasteiger partial charge in [0.15, 0.2) is 12.4 Å². The van der Waals surface area contributed by atoms with Crippen LogP contribution in [-0.2, 0) is 4.79 Å². The van der Waals surface area contributed by atoms with Crippen LogP contribution in [0.5, 0.6) is 5.75 Å². The van der Waals surface area contributed by atoms with Gasteiger partial charge in [0.05, 0.1) is 5.39 Å². The van der Waals surface area contributed by atoms with E-state index in [0.29, 0.717) is 23.1 Å². The van der Waals surface area contributed by atoms with E-state index in [1.165, 1.54) is 0 Å². The van der Waals surface area contributed by atoms with Crippen molar-refractivity contribution < 1.29 is 13.9 Å². The predicted molar refractivity (Wildman–Crippen MR) is 83.4 cm³/mol. The number of nitrogens with zero attached hydrogens (tertiary/aromatic N) is 1. The standard InChI is InChI=1S/C15H16N2O3S/c1-17(9-6-7-9)12(18)8-19-13-10-4-2-3-5-11(10)20-14(13)15(16)21/h2-5,9H,6-8H2,1H3,(H2,16,21). The van der Waals surface area contributed by atoms with Crippen molar-refractivity contribution in [3.8, 4) is 5.75 Å². The van der Waals surface area contributed by atoms with Crippen molar-refractivity contribution in [3.05, 3.63) is 30.0 Å². The van der Waals surface area contributed by atoms with Crippen LogP contribution in [0, 0.1) is 0 Å². The van der Waals surface area contributed by atoms with E-state index in [2.05, 4.69) is 0 Å². The summed E-state index contributed by atoms with van der Waals surface area (Å²) < 4.78 is 11.3. The molecule has 0 saturated heterocycles. The van der Waals surface area contributed by atoms with E-state index in [0.717, 1.165) is 18.2 Å². The highest BCUT2D eigenvalue weighted by Crippen LogP contribution is 2.33. The van der Waals surface area contributed by atoms with E-state index < -0.39 is 0 Å². The zero-order valence-corrected chi connectivity index (χ0v) is 12.5. The Morgan fingerprint density at radius 2 is 2.19 bits per heavy atom. The highest BCUT2D eigenvalue weighted by atomic mass is 32.1. The minimum absolute atomic E-state index is 0.0495. The summed E-state index contributed by atoms with van der Waals surface area (Å²) >= 11 is 4.98. The molecule has 1 aromatic carbocycles. The van der Waals surface area contributed by atoms with Crippen LogP contribution in [0.2, 0.25) is 0 Å². The molecule has 5 nitrogen and oxygen atoms in total. The Hall–Kier alpha value is -2.08. The number of thiocarbonyl (C=S) groups is 1. The molecule has 0 atom stereocenters. The lowest BCUT2D eigenvalue weighted by atomic mass is 10.2. The molecule has 1 fully saturated rings. The zero-order valence-electron chi connectivity index (χ0n) is 11.7. The van der Waals surface area contributed by atoms with Crippen LogP contribution in [0.1, 0.15) is 18.6 Å². The first kappa shape index (κ1) is 13.9. The third kappa shape index (κ3) is 2.71. The maximum absolute atomic E-state index is 12.0. The lowest BCUT2D eigenvalue weighted by molar-refractivity contribution is -0.132. The number of ether oxygens (including phenoxy) is 1. The normalized spacial score (nSPS) is 14.1. The average Bonchev–Trinajstić information content (AvgIpc) is 3.25. The summed E-state index contributed by atoms with van der Waals surface area (Å²) in [5, 5.41) is 0.766. The van der Waals surface area contributed by atoms with Gasteiger partial charge in [0.2, 0.25) is 5.76 Å². The minimum Gasteiger partial charge on any atom is -0.479 e. The third-order valence-corrected chi connectivity index (χ3v) is 3.79. The summed E-state index contributed by atoms with van der Waals surface area (Å²) in [6.45, 7) is -0.0495. The first-order valence-electron chi connectivity index (χ1n) is 6.77. The van der Waals surface area contributed by atoms with Gasteiger partial charge in [-0.25, -0.2) is 0 Å². The van der Waals surface area contributed by atoms with E-state index >= 15 is 0 Å². The number of rotatable bonds is 5. The molecule has 0 radical (unpaired) electrons. The van der Waals surface area contributed by atoms with Gasteiger partial charge in [-0.05, 0) is 25.0 Å². The maximum atomic E-state index is 12.0. The highest BCUT2D eigenvalue weighted by molar-refractivity contribution is 7.80. The number of carbonyl (C=O) groups excluding carboxylic acids is 1. The second-order valence-electron chi connectivity index (χ2n) is 5.15. The molecular formula is C15H16N2O3S. The van der Waals surface area contributed by atoms with Crippen molar-refractivity contribution in [2.45, 2.75) is 18.9 Å². The number of hydrogen-bond acceptors (Lipinski definition) is 4. The van der Waals surface area contributed by atoms with Crippen LogP contribution in [0.15, 0.2) is 28.7 Å². The topological polar surface area (TPSA) is 68.7 Å². The zero-order chi connectivity index (χ0) is 15.0. The molecule has 21 heavy (non-hydrogen) atoms. The van der Waals surface area contributed by atoms with Crippen molar-refractivity contribution in [2.75, 3.05) is 13.7 Å². The molecule has 1 saturated carbocycles. The Kier molecular flexibility index (Phi) is 3.55. The summed E-state index contributed by atoms with van der Waals surface area (Å²) in [6.07, 6.45) is 2.13. The van der Waals surface area contributed by atoms with Gasteiger partial charge in [-0.1, -0.05) is 24.4 Å². The first-order valence-corrected chi connectivity index (χ1v) is 7.18. The Morgan fingerprint density at radius 3 is 2.86 bits per heavy atom. The lowest BCUT2D eigenvalue weighted by Gasteiger charge is -2.16. The summed E-state index contributed by atoms with van der Waals surface area (Å²) in [4.78, 5) is 13.9. The van der Waals surface area contributed by atoms with Gasteiger partial charge >= 0.3 is 0 Å². The van der Waals surface area contributed by atoms with Crippen LogP contribution in [0.4, 0.5) is 0 Å². The first-order chi connectivity index (χ1) is 10.1. The molecule has 0 unspecified atom stereocenters. The van der Waals surface area contributed by atoms with Gasteiger partial charge in [-0.2, -0.15) is 0 Å². The molecule has 0 spiro atoms. The van der Waals surface area contributed by atoms with Gasteiger partial charge in [0.25, 0.3) is 5.91 Å². The van der Waals surface area contributed by atoms with Crippen LogP contribution >= 0.6 is 12.2 Å². The molecule has 0 bridgehead atoms. The molecule has 110 valence electrons. The van der Waals surface area contributed by atoms with Crippen LogP contribution in [0.25, 0.3) is 11.0 Å². The number of nitrogens with two attached hydrogens (primary N) is 1. The molecule has 1 aliphatic carbocycles. The molecule has 1 aliphatic rings. The van der Waals surface area contributed by atoms with Crippen molar-refractivity contribution in [1.29, 1.82) is 0 Å². The van der Waals surface area contributed by atoms with Crippen LogP contribution in [0.3, 0.4) is 0 Å². The summed E-state index contributed by atoms with van der Waals surface area (Å²) in [5.41, 5.74) is 6.30. The second kappa shape index (κ2) is 5.37. The molecule has 3 rings (SSSR count). The van der Waals surface area contributed by atoms with E-state index in [9.17, 15) is 4.79 Å². The summed E-state index contributed by atoms with van der Waals surface area (Å²) in [5.74, 6) is 0.695. The van der Waals surface area contributed by atoms with Gasteiger partial charge < -0.3 is 19.8 Å². The number of furan rings is 1. The summed E-state index contributed by atoms with van der Waals surface area (Å²) in [6, 6.07) is 7.74. The van der Waals surface area contributed by atoms with Crippen LogP contribution < -0.4 is 10.5 Å². The molecule has 1 amide bonds. The largest absolute Gasteiger partial charge is 0.479 e. The van der Waals surface area contributed by atoms with Crippen molar-refractivity contribution in [2.24, 2.45) is 5.73 Å². The Balaban J connectivity index is 1.83. The van der Waals surface area contributed by atoms with E-state index in [4.69, 9.17) is 27.1 Å². The fourth-order valence-corrected chi connectivity index (χ4v) is 2.36. The molecule has 0 aliphatic heterocycles. The molecule has 1 aromatic heterocycles. The Morgan fingerprint density at radius 1 is 1.48 bits per heavy atom. The van der Waals surface area contributed by atoms with Crippen molar-refractivity contribution in [1.82, 2.24) is 4.90 Å². The predicted octanol–water partition coefficient (Wildman–Crippen LogP) is 2.07. The van der Waals surface area contributed by atoms with Crippen LogP contribution in [-0.4, -0.2) is 35.5 Å². The van der Waals surface area contributed by atoms with Gasteiger partial charge in [-0.3, -0.25) is 4.79 Å². The van der Waals surface area contributed by atoms with Gasteiger partial charge in [0, 0.05) is 13.1 Å². The monoisotopic (exact) mass is 304 g/mol. The number of carbonyl (C=O) groups is 1. The quantitative estimate of drug-likeness (QED) is 0.856. The van der Waals surface area contributed by atoms with E-state index in [1.807, 2.05) is 24.3 Å². The number of para-hydroxylation sites is 1. The van der Waals surface area contributed by atoms with Gasteiger partial charge in [0.1, 0.15) is 10.6 Å². The fraction of sp³-hybridized carbons (Fsp3) is 0.333. The summed E-state index contributed by atoms with van der Waals surface area (Å²) in [7, 11) is 1.80. The number of fused-ring (bicyclic) bond motifs is 1. The lowest BCUT2D eigenvalue weighted by Crippen LogP contribution is -2.33. The highest BCUT2D eigenvalue weighted by Gasteiger charge is 2.30. The smallest absolute Gasteiger partial charge is 0.260 e. The molecule has 1 heterocycles. The number of likely N-dealkylation sites (N-methyl/N-ethyl adjacent to an activating group) is 1. The minimum atomic E-state index is -0.0586. The molecule has 2 N–H and O–H groups in total. The van der Waals surface area contributed by atoms with E-state index in [-0.39, 0.29) is 17.5 Å². The molecular weight excluding hydrogens is 288 g/mol. The number of hydrogen-bond donors (Lipinski definition) is 1. The second-order valence-corrected chi connectivity index (χ2v) is 5.59. The number of amides is 1. The van der Waals surface area contributed by atoms with Crippen molar-refractivity contribution in [3.63, 3.8) is 0 Å². The van der Waals surface area contributed by atoms with E-state index in [1.54, 1.807) is 11.9 Å². The fourth-order valence-electron chi connectivity index (χ4n) is 2.23. The Bertz CT molecular complexity index is 706. The third-order valence-electron chi connectivity index (χ3n) is 3.60. The number of benzene rings is 1. The molecule has 6 heteroatoms. The molecule has 2 aromatic rings. The average molecular weight is 304 g/mol. The van der Waals surface area contributed by atoms with Crippen molar-refractivity contribution >= 4 is 34.1 Å². The maximum Gasteiger partial charge on any atom is 0.260 e.